The van der Waals surface area contributed by atoms with Crippen molar-refractivity contribution in [2.24, 2.45) is 0 Å². The van der Waals surface area contributed by atoms with E-state index in [1.165, 1.54) is 36.6 Å². The number of nitrogens with one attached hydrogen (secondary N) is 2. The van der Waals surface area contributed by atoms with Gasteiger partial charge < -0.3 is 24.9 Å². The third kappa shape index (κ3) is 4.77. The highest BCUT2D eigenvalue weighted by Crippen LogP contribution is 2.28. The number of esters is 1. The summed E-state index contributed by atoms with van der Waals surface area (Å²) < 4.78 is 10.1. The Morgan fingerprint density at radius 3 is 2.57 bits per heavy atom. The van der Waals surface area contributed by atoms with E-state index in [0.717, 1.165) is 11.3 Å². The van der Waals surface area contributed by atoms with E-state index in [1.54, 1.807) is 19.1 Å². The topological polar surface area (TPSA) is 118 Å². The Balaban J connectivity index is 1.55. The monoisotopic (exact) mass is 400 g/mol. The van der Waals surface area contributed by atoms with E-state index in [9.17, 15) is 19.5 Å². The zero-order valence-corrected chi connectivity index (χ0v) is 15.5. The molecule has 0 unspecified atom stereocenters. The van der Waals surface area contributed by atoms with Crippen LogP contribution in [0.25, 0.3) is 0 Å². The van der Waals surface area contributed by atoms with Crippen molar-refractivity contribution in [2.75, 3.05) is 17.2 Å². The average Bonchev–Trinajstić information content (AvgIpc) is 3.32. The highest BCUT2D eigenvalue weighted by atomic mass is 32.1. The number of benzene rings is 1. The molecular formula is C19H16N2O6S. The standard InChI is InChI=1S/C19H16N2O6S/c1-11-9-16(21-18(24)14-3-2-8-26-14)28-17(11)19(25)27-10-15(23)20-12-4-6-13(22)7-5-12/h2-9,22H,10H2,1H3,(H,20,23)(H,21,24). The number of hydrogen-bond donors (Lipinski definition) is 3. The lowest BCUT2D eigenvalue weighted by molar-refractivity contribution is -0.119. The molecule has 28 heavy (non-hydrogen) atoms. The Hall–Kier alpha value is -3.59. The van der Waals surface area contributed by atoms with Crippen molar-refractivity contribution in [3.05, 3.63) is 64.9 Å². The second-order valence-electron chi connectivity index (χ2n) is 5.73. The van der Waals surface area contributed by atoms with Crippen LogP contribution in [0.5, 0.6) is 5.75 Å². The first-order valence-electron chi connectivity index (χ1n) is 8.13. The van der Waals surface area contributed by atoms with Crippen LogP contribution in [-0.2, 0) is 9.53 Å². The molecule has 0 aliphatic heterocycles. The van der Waals surface area contributed by atoms with Gasteiger partial charge in [-0.25, -0.2) is 4.79 Å². The van der Waals surface area contributed by atoms with E-state index >= 15 is 0 Å². The molecule has 2 amide bonds. The lowest BCUT2D eigenvalue weighted by Crippen LogP contribution is -2.20. The van der Waals surface area contributed by atoms with Gasteiger partial charge in [0.1, 0.15) is 10.6 Å². The second-order valence-corrected chi connectivity index (χ2v) is 6.78. The number of thiophene rings is 1. The Bertz CT molecular complexity index is 992. The molecule has 9 heteroatoms. The van der Waals surface area contributed by atoms with Gasteiger partial charge in [-0.2, -0.15) is 0 Å². The number of phenols is 1. The molecule has 1 aromatic carbocycles. The lowest BCUT2D eigenvalue weighted by Gasteiger charge is -2.06. The number of aryl methyl sites for hydroxylation is 1. The van der Waals surface area contributed by atoms with E-state index in [4.69, 9.17) is 9.15 Å². The van der Waals surface area contributed by atoms with Crippen LogP contribution >= 0.6 is 11.3 Å². The number of anilines is 2. The molecule has 0 fully saturated rings. The minimum Gasteiger partial charge on any atom is -0.508 e. The van der Waals surface area contributed by atoms with Crippen LogP contribution < -0.4 is 10.6 Å². The van der Waals surface area contributed by atoms with Crippen molar-refractivity contribution in [3.63, 3.8) is 0 Å². The van der Waals surface area contributed by atoms with Crippen LogP contribution in [0.4, 0.5) is 10.7 Å². The van der Waals surface area contributed by atoms with Gasteiger partial charge in [0, 0.05) is 5.69 Å². The van der Waals surface area contributed by atoms with Crippen molar-refractivity contribution < 1.29 is 28.6 Å². The lowest BCUT2D eigenvalue weighted by atomic mass is 10.3. The Labute approximate surface area is 163 Å². The molecule has 144 valence electrons. The fourth-order valence-electron chi connectivity index (χ4n) is 2.27. The van der Waals surface area contributed by atoms with Gasteiger partial charge in [0.15, 0.2) is 12.4 Å². The van der Waals surface area contributed by atoms with Crippen LogP contribution in [0.2, 0.25) is 0 Å². The van der Waals surface area contributed by atoms with Gasteiger partial charge in [-0.3, -0.25) is 9.59 Å². The van der Waals surface area contributed by atoms with Crippen LogP contribution in [0.15, 0.2) is 53.1 Å². The number of amides is 2. The molecule has 3 aromatic rings. The van der Waals surface area contributed by atoms with Crippen LogP contribution in [0.1, 0.15) is 25.8 Å². The first kappa shape index (κ1) is 19.2. The maximum atomic E-state index is 12.2. The molecule has 0 spiro atoms. The highest BCUT2D eigenvalue weighted by molar-refractivity contribution is 7.18. The highest BCUT2D eigenvalue weighted by Gasteiger charge is 2.18. The molecule has 0 saturated heterocycles. The predicted octanol–water partition coefficient (Wildman–Crippen LogP) is 3.40. The fourth-order valence-corrected chi connectivity index (χ4v) is 3.23. The van der Waals surface area contributed by atoms with E-state index < -0.39 is 24.4 Å². The summed E-state index contributed by atoms with van der Waals surface area (Å²) in [6, 6.07) is 10.7. The number of rotatable bonds is 6. The Morgan fingerprint density at radius 1 is 1.14 bits per heavy atom. The van der Waals surface area contributed by atoms with Gasteiger partial charge in [0.05, 0.1) is 11.3 Å². The summed E-state index contributed by atoms with van der Waals surface area (Å²) in [7, 11) is 0. The van der Waals surface area contributed by atoms with E-state index in [1.807, 2.05) is 0 Å². The van der Waals surface area contributed by atoms with Crippen molar-refractivity contribution in [2.45, 2.75) is 6.92 Å². The third-order valence-corrected chi connectivity index (χ3v) is 4.70. The number of carbonyl (C=O) groups is 3. The zero-order valence-electron chi connectivity index (χ0n) is 14.7. The van der Waals surface area contributed by atoms with E-state index in [0.29, 0.717) is 16.3 Å². The third-order valence-electron chi connectivity index (χ3n) is 3.57. The van der Waals surface area contributed by atoms with E-state index in [-0.39, 0.29) is 16.4 Å². The van der Waals surface area contributed by atoms with Gasteiger partial charge in [-0.15, -0.1) is 11.3 Å². The summed E-state index contributed by atoms with van der Waals surface area (Å²) in [4.78, 5) is 36.4. The molecule has 0 radical (unpaired) electrons. The van der Waals surface area contributed by atoms with Gasteiger partial charge in [0.2, 0.25) is 0 Å². The van der Waals surface area contributed by atoms with Crippen molar-refractivity contribution >= 4 is 39.8 Å². The van der Waals surface area contributed by atoms with Gasteiger partial charge in [-0.05, 0) is 55.0 Å². The molecule has 2 heterocycles. The Morgan fingerprint density at radius 2 is 1.89 bits per heavy atom. The summed E-state index contributed by atoms with van der Waals surface area (Å²) in [5.74, 6) is -1.38. The Kier molecular flexibility index (Phi) is 5.75. The molecule has 0 aliphatic rings. The smallest absolute Gasteiger partial charge is 0.349 e. The van der Waals surface area contributed by atoms with Crippen molar-refractivity contribution in [1.29, 1.82) is 0 Å². The van der Waals surface area contributed by atoms with Crippen molar-refractivity contribution in [3.8, 4) is 5.75 Å². The molecule has 0 aliphatic carbocycles. The minimum absolute atomic E-state index is 0.0764. The van der Waals surface area contributed by atoms with E-state index in [2.05, 4.69) is 10.6 Å². The molecular weight excluding hydrogens is 384 g/mol. The summed E-state index contributed by atoms with van der Waals surface area (Å²) in [5.41, 5.74) is 1.08. The molecule has 0 atom stereocenters. The first-order chi connectivity index (χ1) is 13.4. The van der Waals surface area contributed by atoms with Crippen molar-refractivity contribution in [1.82, 2.24) is 0 Å². The molecule has 2 aromatic heterocycles. The number of furan rings is 1. The second kappa shape index (κ2) is 8.40. The fraction of sp³-hybridized carbons (Fsp3) is 0.105. The molecule has 8 nitrogen and oxygen atoms in total. The normalized spacial score (nSPS) is 10.3. The van der Waals surface area contributed by atoms with Gasteiger partial charge in [0.25, 0.3) is 11.8 Å². The summed E-state index contributed by atoms with van der Waals surface area (Å²) in [6.45, 7) is 1.23. The molecule has 3 rings (SSSR count). The number of aromatic hydroxyl groups is 1. The van der Waals surface area contributed by atoms with Crippen LogP contribution in [0, 0.1) is 6.92 Å². The predicted molar refractivity (Wildman–Crippen MR) is 103 cm³/mol. The SMILES string of the molecule is Cc1cc(NC(=O)c2ccco2)sc1C(=O)OCC(=O)Nc1ccc(O)cc1. The quantitative estimate of drug-likeness (QED) is 0.431. The maximum Gasteiger partial charge on any atom is 0.349 e. The number of hydrogen-bond acceptors (Lipinski definition) is 7. The first-order valence-corrected chi connectivity index (χ1v) is 8.95. The summed E-state index contributed by atoms with van der Waals surface area (Å²) >= 11 is 1.04. The van der Waals surface area contributed by atoms with Crippen LogP contribution in [-0.4, -0.2) is 29.5 Å². The molecule has 0 bridgehead atoms. The largest absolute Gasteiger partial charge is 0.508 e. The number of carbonyl (C=O) groups excluding carboxylic acids is 3. The molecule has 3 N–H and O–H groups in total. The minimum atomic E-state index is -0.665. The average molecular weight is 400 g/mol. The number of phenolic OH excluding ortho intramolecular Hbond substituents is 1. The van der Waals surface area contributed by atoms with Crippen LogP contribution in [0.3, 0.4) is 0 Å². The van der Waals surface area contributed by atoms with Gasteiger partial charge in [-0.1, -0.05) is 0 Å². The summed E-state index contributed by atoms with van der Waals surface area (Å²) in [6.07, 6.45) is 1.39. The maximum absolute atomic E-state index is 12.2. The zero-order chi connectivity index (χ0) is 20.1. The molecule has 0 saturated carbocycles. The summed E-state index contributed by atoms with van der Waals surface area (Å²) in [5, 5.41) is 14.9. The van der Waals surface area contributed by atoms with Gasteiger partial charge >= 0.3 is 5.97 Å². The number of ether oxygens (including phenoxy) is 1.